The zero-order valence-corrected chi connectivity index (χ0v) is 17.8. The van der Waals surface area contributed by atoms with Crippen LogP contribution in [0.15, 0.2) is 23.1 Å². The molecule has 3 aliphatic rings. The average molecular weight is 423 g/mol. The van der Waals surface area contributed by atoms with Crippen molar-refractivity contribution >= 4 is 15.9 Å². The van der Waals surface area contributed by atoms with Gasteiger partial charge in [0.2, 0.25) is 16.1 Å². The van der Waals surface area contributed by atoms with Crippen molar-refractivity contribution in [2.45, 2.75) is 56.4 Å². The highest BCUT2D eigenvalue weighted by molar-refractivity contribution is 7.89. The number of piperidine rings is 1. The molecule has 160 valence electrons. The number of benzene rings is 1. The summed E-state index contributed by atoms with van der Waals surface area (Å²) in [5.74, 6) is 1.32. The Morgan fingerprint density at radius 1 is 1.00 bits per heavy atom. The molecule has 0 bridgehead atoms. The molecular formula is C21H30N2O5S. The highest BCUT2D eigenvalue weighted by atomic mass is 32.2. The molecule has 3 heterocycles. The molecule has 7 nitrogen and oxygen atoms in total. The highest BCUT2D eigenvalue weighted by Crippen LogP contribution is 2.35. The molecule has 2 saturated heterocycles. The third-order valence-corrected chi connectivity index (χ3v) is 8.04. The number of ether oxygens (including phenoxy) is 2. The van der Waals surface area contributed by atoms with Crippen LogP contribution >= 0.6 is 0 Å². The summed E-state index contributed by atoms with van der Waals surface area (Å²) in [5, 5.41) is 0. The third-order valence-electron chi connectivity index (χ3n) is 6.15. The lowest BCUT2D eigenvalue weighted by molar-refractivity contribution is -0.141. The number of rotatable bonds is 3. The molecule has 4 rings (SSSR count). The van der Waals surface area contributed by atoms with Gasteiger partial charge in [0.25, 0.3) is 5.91 Å². The molecule has 0 aromatic heterocycles. The number of amides is 1. The first-order valence-corrected chi connectivity index (χ1v) is 12.1. The van der Waals surface area contributed by atoms with Gasteiger partial charge >= 0.3 is 0 Å². The van der Waals surface area contributed by atoms with Crippen molar-refractivity contribution in [3.63, 3.8) is 0 Å². The zero-order chi connectivity index (χ0) is 20.4. The molecule has 1 amide bonds. The second kappa shape index (κ2) is 8.52. The normalized spacial score (nSPS) is 24.2. The molecule has 1 unspecified atom stereocenters. The fraction of sp³-hybridized carbons (Fsp3) is 0.667. The van der Waals surface area contributed by atoms with E-state index in [1.54, 1.807) is 16.4 Å². The molecule has 8 heteroatoms. The highest BCUT2D eigenvalue weighted by Gasteiger charge is 2.33. The second-order valence-electron chi connectivity index (χ2n) is 8.35. The van der Waals surface area contributed by atoms with Crippen LogP contribution < -0.4 is 9.47 Å². The van der Waals surface area contributed by atoms with Gasteiger partial charge in [-0.1, -0.05) is 19.8 Å². The van der Waals surface area contributed by atoms with Crippen LogP contribution in [-0.4, -0.2) is 62.4 Å². The van der Waals surface area contributed by atoms with Crippen molar-refractivity contribution in [1.29, 1.82) is 0 Å². The summed E-state index contributed by atoms with van der Waals surface area (Å²) in [6.07, 6.45) is 5.43. The number of hydrogen-bond acceptors (Lipinski definition) is 5. The standard InChI is InChI=1S/C21H30N2O5S/c1-16-8-12-23(13-9-16)29(25,26)17-6-7-18-19(14-17)27-15-20(28-18)21(24)22-10-4-2-3-5-11-22/h6-7,14,16,20H,2-5,8-13,15H2,1H3. The van der Waals surface area contributed by atoms with Gasteiger partial charge in [-0.3, -0.25) is 4.79 Å². The number of carbonyl (C=O) groups excluding carboxylic acids is 1. The van der Waals surface area contributed by atoms with E-state index >= 15 is 0 Å². The molecule has 1 aromatic rings. The van der Waals surface area contributed by atoms with Crippen LogP contribution in [0.3, 0.4) is 0 Å². The monoisotopic (exact) mass is 422 g/mol. The lowest BCUT2D eigenvalue weighted by Crippen LogP contribution is -2.46. The summed E-state index contributed by atoms with van der Waals surface area (Å²) in [6.45, 7) is 4.87. The van der Waals surface area contributed by atoms with Crippen LogP contribution in [-0.2, 0) is 14.8 Å². The molecule has 2 fully saturated rings. The van der Waals surface area contributed by atoms with Gasteiger partial charge in [-0.05, 0) is 43.7 Å². The smallest absolute Gasteiger partial charge is 0.267 e. The van der Waals surface area contributed by atoms with Crippen LogP contribution in [0.25, 0.3) is 0 Å². The quantitative estimate of drug-likeness (QED) is 0.749. The van der Waals surface area contributed by atoms with E-state index in [2.05, 4.69) is 6.92 Å². The molecular weight excluding hydrogens is 392 g/mol. The predicted molar refractivity (Wildman–Crippen MR) is 109 cm³/mol. The Balaban J connectivity index is 1.46. The van der Waals surface area contributed by atoms with Crippen molar-refractivity contribution in [3.8, 4) is 11.5 Å². The summed E-state index contributed by atoms with van der Waals surface area (Å²) >= 11 is 0. The molecule has 0 aliphatic carbocycles. The number of carbonyl (C=O) groups is 1. The Bertz CT molecular complexity index is 841. The van der Waals surface area contributed by atoms with Crippen molar-refractivity contribution in [1.82, 2.24) is 9.21 Å². The van der Waals surface area contributed by atoms with Gasteiger partial charge in [0.05, 0.1) is 4.90 Å². The SMILES string of the molecule is CC1CCN(S(=O)(=O)c2ccc3c(c2)OCC(C(=O)N2CCCCCC2)O3)CC1. The molecule has 3 aliphatic heterocycles. The van der Waals surface area contributed by atoms with E-state index in [4.69, 9.17) is 9.47 Å². The minimum absolute atomic E-state index is 0.0447. The fourth-order valence-electron chi connectivity index (χ4n) is 4.20. The van der Waals surface area contributed by atoms with Crippen LogP contribution in [0.4, 0.5) is 0 Å². The molecule has 1 atom stereocenters. The summed E-state index contributed by atoms with van der Waals surface area (Å²) in [4.78, 5) is 14.9. The van der Waals surface area contributed by atoms with E-state index in [9.17, 15) is 13.2 Å². The molecule has 29 heavy (non-hydrogen) atoms. The van der Waals surface area contributed by atoms with Crippen LogP contribution in [0, 0.1) is 5.92 Å². The molecule has 1 aromatic carbocycles. The van der Waals surface area contributed by atoms with Crippen molar-refractivity contribution in [2.24, 2.45) is 5.92 Å². The van der Waals surface area contributed by atoms with Gasteiger partial charge in [-0.25, -0.2) is 8.42 Å². The Morgan fingerprint density at radius 2 is 1.69 bits per heavy atom. The van der Waals surface area contributed by atoms with E-state index in [0.717, 1.165) is 51.6 Å². The maximum Gasteiger partial charge on any atom is 0.267 e. The van der Waals surface area contributed by atoms with Crippen molar-refractivity contribution in [2.75, 3.05) is 32.8 Å². The van der Waals surface area contributed by atoms with E-state index < -0.39 is 16.1 Å². The maximum absolute atomic E-state index is 13.0. The van der Waals surface area contributed by atoms with E-state index in [-0.39, 0.29) is 17.4 Å². The number of nitrogens with zero attached hydrogens (tertiary/aromatic N) is 2. The number of likely N-dealkylation sites (tertiary alicyclic amines) is 1. The first-order valence-electron chi connectivity index (χ1n) is 10.7. The van der Waals surface area contributed by atoms with Gasteiger partial charge in [-0.2, -0.15) is 4.31 Å². The van der Waals surface area contributed by atoms with Crippen molar-refractivity contribution < 1.29 is 22.7 Å². The fourth-order valence-corrected chi connectivity index (χ4v) is 5.69. The van der Waals surface area contributed by atoms with E-state index in [1.165, 1.54) is 6.07 Å². The molecule has 0 radical (unpaired) electrons. The van der Waals surface area contributed by atoms with Crippen LogP contribution in [0.5, 0.6) is 11.5 Å². The van der Waals surface area contributed by atoms with Gasteiger partial charge < -0.3 is 14.4 Å². The lowest BCUT2D eigenvalue weighted by Gasteiger charge is -2.31. The Labute approximate surface area is 173 Å². The summed E-state index contributed by atoms with van der Waals surface area (Å²) in [6, 6.07) is 4.68. The van der Waals surface area contributed by atoms with Gasteiger partial charge in [-0.15, -0.1) is 0 Å². The van der Waals surface area contributed by atoms with Gasteiger partial charge in [0.1, 0.15) is 6.61 Å². The maximum atomic E-state index is 13.0. The molecule has 0 N–H and O–H groups in total. The summed E-state index contributed by atoms with van der Waals surface area (Å²) < 4.78 is 39.1. The molecule has 0 saturated carbocycles. The summed E-state index contributed by atoms with van der Waals surface area (Å²) in [7, 11) is -3.55. The second-order valence-corrected chi connectivity index (χ2v) is 10.3. The Kier molecular flexibility index (Phi) is 6.01. The number of fused-ring (bicyclic) bond motifs is 1. The molecule has 0 spiro atoms. The summed E-state index contributed by atoms with van der Waals surface area (Å²) in [5.41, 5.74) is 0. The van der Waals surface area contributed by atoms with Gasteiger partial charge in [0.15, 0.2) is 11.5 Å². The minimum atomic E-state index is -3.55. The largest absolute Gasteiger partial charge is 0.485 e. The van der Waals surface area contributed by atoms with Crippen molar-refractivity contribution in [3.05, 3.63) is 18.2 Å². The zero-order valence-electron chi connectivity index (χ0n) is 17.0. The Hall–Kier alpha value is -1.80. The average Bonchev–Trinajstić information content (AvgIpc) is 3.02. The first-order chi connectivity index (χ1) is 13.9. The first kappa shape index (κ1) is 20.5. The topological polar surface area (TPSA) is 76.2 Å². The van der Waals surface area contributed by atoms with Crippen LogP contribution in [0.2, 0.25) is 0 Å². The Morgan fingerprint density at radius 3 is 2.38 bits per heavy atom. The predicted octanol–water partition coefficient (Wildman–Crippen LogP) is 2.65. The van der Waals surface area contributed by atoms with E-state index in [1.807, 2.05) is 4.90 Å². The van der Waals surface area contributed by atoms with Gasteiger partial charge in [0, 0.05) is 32.2 Å². The van der Waals surface area contributed by atoms with E-state index in [0.29, 0.717) is 30.5 Å². The lowest BCUT2D eigenvalue weighted by atomic mass is 10.0. The van der Waals surface area contributed by atoms with Crippen LogP contribution in [0.1, 0.15) is 45.4 Å². The number of hydrogen-bond donors (Lipinski definition) is 0. The minimum Gasteiger partial charge on any atom is -0.485 e. The number of sulfonamides is 1. The third kappa shape index (κ3) is 4.38.